The fourth-order valence-corrected chi connectivity index (χ4v) is 2.46. The molecule has 22 heavy (non-hydrogen) atoms. The van der Waals surface area contributed by atoms with Crippen LogP contribution in [0.15, 0.2) is 30.5 Å². The molecule has 0 spiro atoms. The molecule has 0 amide bonds. The van der Waals surface area contributed by atoms with Gasteiger partial charge in [-0.25, -0.2) is 9.50 Å². The highest BCUT2D eigenvalue weighted by atomic mass is 79.9. The van der Waals surface area contributed by atoms with E-state index in [1.54, 1.807) is 0 Å². The summed E-state index contributed by atoms with van der Waals surface area (Å²) in [6.45, 7) is 0. The number of hydrogen-bond donors (Lipinski definition) is 0. The smallest absolute Gasteiger partial charge is 0.445 e. The van der Waals surface area contributed by atoms with Gasteiger partial charge < -0.3 is 17.0 Å². The van der Waals surface area contributed by atoms with Gasteiger partial charge in [0.1, 0.15) is 0 Å². The molecule has 0 aliphatic heterocycles. The highest BCUT2D eigenvalue weighted by Crippen LogP contribution is 2.33. The first kappa shape index (κ1) is 16.4. The van der Waals surface area contributed by atoms with Crippen LogP contribution in [0.3, 0.4) is 0 Å². The number of aromatic nitrogens is 3. The number of nitro groups is 1. The minimum atomic E-state index is -4.50. The lowest BCUT2D eigenvalue weighted by Crippen LogP contribution is -3.00. The zero-order chi connectivity index (χ0) is 15.2. The molecule has 11 heteroatoms. The van der Waals surface area contributed by atoms with Crippen molar-refractivity contribution in [1.29, 1.82) is 0 Å². The van der Waals surface area contributed by atoms with E-state index in [0.29, 0.717) is 22.6 Å². The molecule has 0 aliphatic carbocycles. The Morgan fingerprint density at radius 2 is 1.86 bits per heavy atom. The highest BCUT2D eigenvalue weighted by molar-refractivity contribution is 7.16. The lowest BCUT2D eigenvalue weighted by Gasteiger charge is -1.98. The molecule has 6 nitrogen and oxygen atoms in total. The lowest BCUT2D eigenvalue weighted by atomic mass is 10.1. The summed E-state index contributed by atoms with van der Waals surface area (Å²) in [5, 5.41) is 13.0. The van der Waals surface area contributed by atoms with E-state index in [1.807, 2.05) is 0 Å². The minimum absolute atomic E-state index is 0. The summed E-state index contributed by atoms with van der Waals surface area (Å²) in [5.74, 6) is 0. The number of alkyl halides is 3. The van der Waals surface area contributed by atoms with E-state index < -0.39 is 16.1 Å². The van der Waals surface area contributed by atoms with Crippen molar-refractivity contribution in [2.75, 3.05) is 0 Å². The molecule has 0 fully saturated rings. The fourth-order valence-electron chi connectivity index (χ4n) is 1.71. The van der Waals surface area contributed by atoms with Crippen molar-refractivity contribution >= 4 is 22.0 Å². The molecule has 2 aromatic heterocycles. The Balaban J connectivity index is 0.00000176. The first-order chi connectivity index (χ1) is 9.84. The quantitative estimate of drug-likeness (QED) is 0.466. The minimum Gasteiger partial charge on any atom is -1.00 e. The van der Waals surface area contributed by atoms with Crippen LogP contribution in [0.4, 0.5) is 18.9 Å². The van der Waals surface area contributed by atoms with Crippen LogP contribution in [0.5, 0.6) is 0 Å². The number of fused-ring (bicyclic) bond motifs is 1. The summed E-state index contributed by atoms with van der Waals surface area (Å²) >= 11 is 0.435. The third-order valence-corrected chi connectivity index (χ3v) is 3.63. The van der Waals surface area contributed by atoms with E-state index in [2.05, 4.69) is 10.1 Å². The Labute approximate surface area is 135 Å². The van der Waals surface area contributed by atoms with Gasteiger partial charge in [-0.3, -0.25) is 10.1 Å². The van der Waals surface area contributed by atoms with Crippen molar-refractivity contribution < 1.29 is 35.1 Å². The van der Waals surface area contributed by atoms with Crippen molar-refractivity contribution in [2.24, 2.45) is 0 Å². The van der Waals surface area contributed by atoms with Crippen molar-refractivity contribution in [3.63, 3.8) is 0 Å². The number of benzene rings is 1. The molecule has 0 radical (unpaired) electrons. The maximum atomic E-state index is 12.5. The van der Waals surface area contributed by atoms with E-state index in [-0.39, 0.29) is 27.6 Å². The lowest BCUT2D eigenvalue weighted by molar-refractivity contribution is -0.384. The van der Waals surface area contributed by atoms with E-state index in [1.165, 1.54) is 30.5 Å². The summed E-state index contributed by atoms with van der Waals surface area (Å²) in [4.78, 5) is 14.2. The number of nitro benzene ring substituents is 1. The van der Waals surface area contributed by atoms with Crippen LogP contribution in [0.2, 0.25) is 0 Å². The molecule has 3 rings (SSSR count). The number of imidazole rings is 1. The Morgan fingerprint density at radius 1 is 1.23 bits per heavy atom. The Hall–Kier alpha value is -2.01. The van der Waals surface area contributed by atoms with Crippen LogP contribution in [-0.4, -0.2) is 19.5 Å². The summed E-state index contributed by atoms with van der Waals surface area (Å²) in [7, 11) is 0. The van der Waals surface area contributed by atoms with Crippen molar-refractivity contribution in [2.45, 2.75) is 6.18 Å². The maximum absolute atomic E-state index is 12.5. The van der Waals surface area contributed by atoms with Gasteiger partial charge in [0.15, 0.2) is 0 Å². The van der Waals surface area contributed by atoms with Crippen molar-refractivity contribution in [3.8, 4) is 11.3 Å². The number of hydrogen-bond acceptors (Lipinski definition) is 5. The van der Waals surface area contributed by atoms with Gasteiger partial charge in [-0.05, 0) is 12.1 Å². The molecule has 0 bridgehead atoms. The number of rotatable bonds is 2. The van der Waals surface area contributed by atoms with Gasteiger partial charge in [-0.15, -0.1) is 5.10 Å². The number of nitrogens with zero attached hydrogens (tertiary/aromatic N) is 4. The highest BCUT2D eigenvalue weighted by Gasteiger charge is 2.35. The molecule has 1 aromatic carbocycles. The SMILES string of the molecule is O=[N+]([O-])c1ccc(-c2cn3nc(C(F)(F)F)sc3n2)cc1.[Br-]. The molecule has 0 saturated carbocycles. The van der Waals surface area contributed by atoms with Gasteiger partial charge in [0.05, 0.1) is 16.8 Å². The molecular weight excluding hydrogens is 389 g/mol. The van der Waals surface area contributed by atoms with Crippen LogP contribution >= 0.6 is 11.3 Å². The normalized spacial score (nSPS) is 11.4. The van der Waals surface area contributed by atoms with Gasteiger partial charge >= 0.3 is 6.18 Å². The zero-order valence-corrected chi connectivity index (χ0v) is 12.8. The average Bonchev–Trinajstić information content (AvgIpc) is 2.96. The standard InChI is InChI=1S/C11H5F3N4O2S.BrH/c12-11(13,14)9-16-17-5-8(15-10(17)21-9)6-1-3-7(4-2-6)18(19)20;/h1-5H;1H/p-1. The molecular formula is C11H5BrF3N4O2S-. The molecule has 0 aliphatic rings. The van der Waals surface area contributed by atoms with Crippen LogP contribution < -0.4 is 17.0 Å². The van der Waals surface area contributed by atoms with E-state index in [4.69, 9.17) is 0 Å². The van der Waals surface area contributed by atoms with E-state index >= 15 is 0 Å². The zero-order valence-electron chi connectivity index (χ0n) is 10.4. The monoisotopic (exact) mass is 393 g/mol. The third-order valence-electron chi connectivity index (χ3n) is 2.66. The average molecular weight is 394 g/mol. The largest absolute Gasteiger partial charge is 1.00 e. The fraction of sp³-hybridized carbons (Fsp3) is 0.0909. The molecule has 3 aromatic rings. The molecule has 0 N–H and O–H groups in total. The summed E-state index contributed by atoms with van der Waals surface area (Å²) in [5.41, 5.74) is 0.890. The summed E-state index contributed by atoms with van der Waals surface area (Å²) in [6, 6.07) is 5.57. The topological polar surface area (TPSA) is 73.3 Å². The predicted molar refractivity (Wildman–Crippen MR) is 68.0 cm³/mol. The molecule has 2 heterocycles. The summed E-state index contributed by atoms with van der Waals surface area (Å²) < 4.78 is 38.5. The second-order valence-electron chi connectivity index (χ2n) is 4.06. The van der Waals surface area contributed by atoms with E-state index in [9.17, 15) is 23.3 Å². The van der Waals surface area contributed by atoms with Gasteiger partial charge in [0, 0.05) is 17.7 Å². The van der Waals surface area contributed by atoms with Crippen LogP contribution in [0.1, 0.15) is 5.01 Å². The second kappa shape index (κ2) is 5.65. The van der Waals surface area contributed by atoms with Crippen LogP contribution in [-0.2, 0) is 6.18 Å². The third kappa shape index (κ3) is 2.95. The molecule has 0 unspecified atom stereocenters. The summed E-state index contributed by atoms with van der Waals surface area (Å²) in [6.07, 6.45) is -3.15. The Morgan fingerprint density at radius 3 is 2.36 bits per heavy atom. The molecule has 0 atom stereocenters. The van der Waals surface area contributed by atoms with E-state index in [0.717, 1.165) is 4.52 Å². The Bertz CT molecular complexity index is 797. The maximum Gasteiger partial charge on any atom is 0.445 e. The first-order valence-corrected chi connectivity index (χ1v) is 6.34. The van der Waals surface area contributed by atoms with Gasteiger partial charge in [-0.2, -0.15) is 13.2 Å². The predicted octanol–water partition coefficient (Wildman–Crippen LogP) is 0.389. The number of halogens is 4. The van der Waals surface area contributed by atoms with Crippen molar-refractivity contribution in [1.82, 2.24) is 14.6 Å². The first-order valence-electron chi connectivity index (χ1n) is 5.53. The van der Waals surface area contributed by atoms with Crippen molar-refractivity contribution in [3.05, 3.63) is 45.6 Å². The molecule has 0 saturated heterocycles. The second-order valence-corrected chi connectivity index (χ2v) is 5.02. The van der Waals surface area contributed by atoms with Gasteiger partial charge in [-0.1, -0.05) is 11.3 Å². The van der Waals surface area contributed by atoms with Crippen LogP contribution in [0, 0.1) is 10.1 Å². The van der Waals surface area contributed by atoms with Crippen LogP contribution in [0.25, 0.3) is 16.2 Å². The molecule has 116 valence electrons. The Kier molecular flexibility index (Phi) is 4.20. The van der Waals surface area contributed by atoms with Gasteiger partial charge in [0.25, 0.3) is 5.69 Å². The van der Waals surface area contributed by atoms with Gasteiger partial charge in [0.2, 0.25) is 9.97 Å². The number of non-ortho nitro benzene ring substituents is 1.